The van der Waals surface area contributed by atoms with Crippen LogP contribution in [-0.4, -0.2) is 40.5 Å². The second-order valence-electron chi connectivity index (χ2n) is 9.56. The molecule has 0 unspecified atom stereocenters. The molecule has 0 saturated carbocycles. The number of urea groups is 1. The molecule has 0 bridgehead atoms. The number of aromatic carboxylic acids is 1. The van der Waals surface area contributed by atoms with E-state index >= 15 is 0 Å². The summed E-state index contributed by atoms with van der Waals surface area (Å²) in [5.74, 6) is -2.10. The predicted molar refractivity (Wildman–Crippen MR) is 147 cm³/mol. The highest BCUT2D eigenvalue weighted by molar-refractivity contribution is 6.00. The first-order valence-electron chi connectivity index (χ1n) is 12.5. The van der Waals surface area contributed by atoms with Crippen LogP contribution < -0.4 is 10.6 Å². The molecule has 3 N–H and O–H groups in total. The van der Waals surface area contributed by atoms with Crippen molar-refractivity contribution in [3.63, 3.8) is 0 Å². The van der Waals surface area contributed by atoms with Gasteiger partial charge in [0.05, 0.1) is 0 Å². The maximum Gasteiger partial charge on any atom is 0.339 e. The molecule has 0 aromatic heterocycles. The van der Waals surface area contributed by atoms with E-state index in [4.69, 9.17) is 0 Å². The Morgan fingerprint density at radius 1 is 1.00 bits per heavy atom. The number of anilines is 2. The van der Waals surface area contributed by atoms with Crippen molar-refractivity contribution in [3.05, 3.63) is 89.8 Å². The molecule has 1 atom stereocenters. The number of nitrogens with one attached hydrogen (secondary N) is 2. The summed E-state index contributed by atoms with van der Waals surface area (Å²) in [6.07, 6.45) is 2.58. The van der Waals surface area contributed by atoms with E-state index in [0.29, 0.717) is 41.4 Å². The minimum atomic E-state index is -1.36. The number of carboxylic acids is 1. The van der Waals surface area contributed by atoms with Crippen molar-refractivity contribution in [2.24, 2.45) is 0 Å². The van der Waals surface area contributed by atoms with Crippen LogP contribution >= 0.6 is 0 Å². The molecule has 1 aliphatic heterocycles. The third-order valence-corrected chi connectivity index (χ3v) is 6.69. The molecule has 0 spiro atoms. The summed E-state index contributed by atoms with van der Waals surface area (Å²) < 4.78 is 14.4. The molecule has 38 heavy (non-hydrogen) atoms. The summed E-state index contributed by atoms with van der Waals surface area (Å²) >= 11 is 0. The van der Waals surface area contributed by atoms with Gasteiger partial charge in [0.15, 0.2) is 0 Å². The fourth-order valence-electron chi connectivity index (χ4n) is 4.58. The molecule has 3 aromatic rings. The van der Waals surface area contributed by atoms with E-state index < -0.39 is 23.4 Å². The molecular formula is C30H30FN3O4. The van der Waals surface area contributed by atoms with Gasteiger partial charge in [0, 0.05) is 17.9 Å². The molecule has 0 radical (unpaired) electrons. The number of nitrogens with zero attached hydrogens (tertiary/aromatic N) is 1. The number of likely N-dealkylation sites (tertiary alicyclic amines) is 1. The Bertz CT molecular complexity index is 1370. The Labute approximate surface area is 221 Å². The number of amides is 3. The van der Waals surface area contributed by atoms with Gasteiger partial charge in [0.1, 0.15) is 17.4 Å². The molecule has 7 nitrogen and oxygen atoms in total. The molecular weight excluding hydrogens is 485 g/mol. The highest BCUT2D eigenvalue weighted by Crippen LogP contribution is 2.28. The van der Waals surface area contributed by atoms with Crippen molar-refractivity contribution >= 4 is 35.4 Å². The predicted octanol–water partition coefficient (Wildman–Crippen LogP) is 6.59. The van der Waals surface area contributed by atoms with Gasteiger partial charge in [-0.3, -0.25) is 4.79 Å². The smallest absolute Gasteiger partial charge is 0.339 e. The molecule has 3 amide bonds. The fraction of sp³-hybridized carbons (Fsp3) is 0.233. The molecule has 4 rings (SSSR count). The van der Waals surface area contributed by atoms with Gasteiger partial charge in [0.2, 0.25) is 5.91 Å². The average molecular weight is 516 g/mol. The highest BCUT2D eigenvalue weighted by atomic mass is 19.1. The zero-order chi connectivity index (χ0) is 27.4. The van der Waals surface area contributed by atoms with Crippen molar-refractivity contribution in [2.45, 2.75) is 38.6 Å². The first kappa shape index (κ1) is 26.6. The average Bonchev–Trinajstić information content (AvgIpc) is 3.39. The van der Waals surface area contributed by atoms with Gasteiger partial charge in [0.25, 0.3) is 0 Å². The number of carboxylic acid groups (broad SMARTS) is 1. The second kappa shape index (κ2) is 11.3. The first-order chi connectivity index (χ1) is 18.2. The lowest BCUT2D eigenvalue weighted by Crippen LogP contribution is -2.45. The number of carbonyl (C=O) groups excluding carboxylic acids is 2. The maximum atomic E-state index is 14.4. The lowest BCUT2D eigenvalue weighted by Gasteiger charge is -2.24. The van der Waals surface area contributed by atoms with Gasteiger partial charge < -0.3 is 20.6 Å². The lowest BCUT2D eigenvalue weighted by atomic mass is 9.98. The summed E-state index contributed by atoms with van der Waals surface area (Å²) in [6.45, 7) is 8.26. The molecule has 1 aliphatic rings. The summed E-state index contributed by atoms with van der Waals surface area (Å²) in [5.41, 5.74) is 3.27. The number of hydrogen-bond donors (Lipinski definition) is 3. The number of halogens is 1. The Hall–Kier alpha value is -4.46. The highest BCUT2D eigenvalue weighted by Gasteiger charge is 2.34. The molecule has 196 valence electrons. The number of benzene rings is 3. The SMILES string of the molecule is C=Cc1cc(-c2ccc(NC(=O)[C@H]3CCCN3C(=O)Nc3ccc(C(C)C)cc3)cc2)cc(F)c1C(=O)O. The molecule has 1 saturated heterocycles. The minimum Gasteiger partial charge on any atom is -0.478 e. The van der Waals surface area contributed by atoms with Gasteiger partial charge in [-0.25, -0.2) is 14.0 Å². The number of hydrogen-bond acceptors (Lipinski definition) is 3. The molecule has 0 aliphatic carbocycles. The van der Waals surface area contributed by atoms with E-state index in [-0.39, 0.29) is 17.5 Å². The van der Waals surface area contributed by atoms with Gasteiger partial charge >= 0.3 is 12.0 Å². The summed E-state index contributed by atoms with van der Waals surface area (Å²) in [6, 6.07) is 16.2. The van der Waals surface area contributed by atoms with Gasteiger partial charge in [-0.2, -0.15) is 0 Å². The lowest BCUT2D eigenvalue weighted by molar-refractivity contribution is -0.119. The van der Waals surface area contributed by atoms with Crippen LogP contribution in [0.1, 0.15) is 54.1 Å². The van der Waals surface area contributed by atoms with Gasteiger partial charge in [-0.1, -0.05) is 50.8 Å². The van der Waals surface area contributed by atoms with Crippen LogP contribution in [0.3, 0.4) is 0 Å². The van der Waals surface area contributed by atoms with Gasteiger partial charge in [-0.05, 0) is 77.4 Å². The normalized spacial score (nSPS) is 14.8. The maximum absolute atomic E-state index is 14.4. The number of rotatable bonds is 7. The Morgan fingerprint density at radius 3 is 2.24 bits per heavy atom. The van der Waals surface area contributed by atoms with Crippen molar-refractivity contribution in [1.82, 2.24) is 4.90 Å². The first-order valence-corrected chi connectivity index (χ1v) is 12.5. The van der Waals surface area contributed by atoms with Crippen LogP contribution in [-0.2, 0) is 4.79 Å². The topological polar surface area (TPSA) is 98.7 Å². The van der Waals surface area contributed by atoms with E-state index in [1.807, 2.05) is 24.3 Å². The summed E-state index contributed by atoms with van der Waals surface area (Å²) in [5, 5.41) is 15.0. The number of carbonyl (C=O) groups is 3. The molecule has 1 heterocycles. The molecule has 1 fully saturated rings. The van der Waals surface area contributed by atoms with Crippen LogP contribution in [0.5, 0.6) is 0 Å². The largest absolute Gasteiger partial charge is 0.478 e. The van der Waals surface area contributed by atoms with Crippen molar-refractivity contribution in [3.8, 4) is 11.1 Å². The van der Waals surface area contributed by atoms with E-state index in [2.05, 4.69) is 31.1 Å². The van der Waals surface area contributed by atoms with E-state index in [9.17, 15) is 23.9 Å². The zero-order valence-corrected chi connectivity index (χ0v) is 21.3. The van der Waals surface area contributed by atoms with Crippen LogP contribution in [0.2, 0.25) is 0 Å². The van der Waals surface area contributed by atoms with Crippen molar-refractivity contribution < 1.29 is 23.9 Å². The monoisotopic (exact) mass is 515 g/mol. The van der Waals surface area contributed by atoms with E-state index in [0.717, 1.165) is 12.5 Å². The third kappa shape index (κ3) is 5.75. The standard InChI is InChI=1S/C30H30FN3O4/c1-4-19-16-22(17-25(31)27(19)29(36)37)21-9-13-23(14-10-21)32-28(35)26-6-5-15-34(26)30(38)33-24-11-7-20(8-12-24)18(2)3/h4,7-14,16-18,26H,1,5-6,15H2,2-3H3,(H,32,35)(H,33,38)(H,36,37)/t26-/m1/s1. The Morgan fingerprint density at radius 2 is 1.63 bits per heavy atom. The second-order valence-corrected chi connectivity index (χ2v) is 9.56. The van der Waals surface area contributed by atoms with Crippen LogP contribution in [0, 0.1) is 5.82 Å². The molecule has 3 aromatic carbocycles. The fourth-order valence-corrected chi connectivity index (χ4v) is 4.58. The Kier molecular flexibility index (Phi) is 7.90. The van der Waals surface area contributed by atoms with Crippen LogP contribution in [0.15, 0.2) is 67.2 Å². The zero-order valence-electron chi connectivity index (χ0n) is 21.3. The third-order valence-electron chi connectivity index (χ3n) is 6.69. The summed E-state index contributed by atoms with van der Waals surface area (Å²) in [7, 11) is 0. The minimum absolute atomic E-state index is 0.181. The van der Waals surface area contributed by atoms with E-state index in [1.165, 1.54) is 11.6 Å². The van der Waals surface area contributed by atoms with Gasteiger partial charge in [-0.15, -0.1) is 0 Å². The quantitative estimate of drug-likeness (QED) is 0.330. The molecule has 8 heteroatoms. The van der Waals surface area contributed by atoms with Crippen molar-refractivity contribution in [2.75, 3.05) is 17.2 Å². The Balaban J connectivity index is 1.42. The van der Waals surface area contributed by atoms with Crippen LogP contribution in [0.25, 0.3) is 17.2 Å². The van der Waals surface area contributed by atoms with E-state index in [1.54, 1.807) is 35.2 Å². The van der Waals surface area contributed by atoms with Crippen molar-refractivity contribution in [1.29, 1.82) is 0 Å². The van der Waals surface area contributed by atoms with Crippen LogP contribution in [0.4, 0.5) is 20.6 Å². The summed E-state index contributed by atoms with van der Waals surface area (Å²) in [4.78, 5) is 38.8.